The number of nitro groups is 1. The SMILES string of the molecule is CCCc1cc([N+](=O)[O-])c(N)cc1C. The van der Waals surface area contributed by atoms with Crippen molar-refractivity contribution in [2.24, 2.45) is 0 Å². The summed E-state index contributed by atoms with van der Waals surface area (Å²) >= 11 is 0. The van der Waals surface area contributed by atoms with E-state index in [1.165, 1.54) is 0 Å². The van der Waals surface area contributed by atoms with Crippen LogP contribution in [-0.2, 0) is 6.42 Å². The summed E-state index contributed by atoms with van der Waals surface area (Å²) in [5, 5.41) is 10.6. The van der Waals surface area contributed by atoms with Crippen molar-refractivity contribution in [1.82, 2.24) is 0 Å². The first kappa shape index (κ1) is 10.5. The van der Waals surface area contributed by atoms with E-state index in [0.29, 0.717) is 0 Å². The molecule has 76 valence electrons. The van der Waals surface area contributed by atoms with Gasteiger partial charge in [-0.15, -0.1) is 0 Å². The van der Waals surface area contributed by atoms with E-state index in [9.17, 15) is 10.1 Å². The van der Waals surface area contributed by atoms with E-state index in [0.717, 1.165) is 24.0 Å². The molecule has 1 aromatic rings. The van der Waals surface area contributed by atoms with Crippen molar-refractivity contribution in [3.8, 4) is 0 Å². The van der Waals surface area contributed by atoms with Crippen molar-refractivity contribution in [3.05, 3.63) is 33.4 Å². The number of anilines is 1. The maximum atomic E-state index is 10.6. The molecule has 0 unspecified atom stereocenters. The molecule has 2 N–H and O–H groups in total. The quantitative estimate of drug-likeness (QED) is 0.456. The predicted octanol–water partition coefficient (Wildman–Crippen LogP) is 2.44. The number of benzene rings is 1. The van der Waals surface area contributed by atoms with Crippen molar-refractivity contribution >= 4 is 11.4 Å². The lowest BCUT2D eigenvalue weighted by Gasteiger charge is -2.05. The Morgan fingerprint density at radius 2 is 2.14 bits per heavy atom. The Balaban J connectivity index is 3.20. The van der Waals surface area contributed by atoms with Gasteiger partial charge in [0.05, 0.1) is 4.92 Å². The molecule has 4 heteroatoms. The van der Waals surface area contributed by atoms with Crippen LogP contribution in [0.3, 0.4) is 0 Å². The zero-order chi connectivity index (χ0) is 10.7. The molecule has 0 saturated heterocycles. The van der Waals surface area contributed by atoms with Crippen LogP contribution in [0, 0.1) is 17.0 Å². The van der Waals surface area contributed by atoms with Gasteiger partial charge in [0.15, 0.2) is 0 Å². The fraction of sp³-hybridized carbons (Fsp3) is 0.400. The number of nitro benzene ring substituents is 1. The second-order valence-corrected chi connectivity index (χ2v) is 3.34. The average Bonchev–Trinajstić information content (AvgIpc) is 2.09. The predicted molar refractivity (Wildman–Crippen MR) is 56.2 cm³/mol. The molecular formula is C10H14N2O2. The Kier molecular flexibility index (Phi) is 3.06. The molecule has 4 nitrogen and oxygen atoms in total. The minimum atomic E-state index is -0.437. The first-order valence-corrected chi connectivity index (χ1v) is 4.59. The standard InChI is InChI=1S/C10H14N2O2/c1-3-4-8-6-10(12(13)14)9(11)5-7(8)2/h5-6H,3-4,11H2,1-2H3. The molecular weight excluding hydrogens is 180 g/mol. The maximum Gasteiger partial charge on any atom is 0.292 e. The zero-order valence-electron chi connectivity index (χ0n) is 8.41. The molecule has 0 aliphatic rings. The van der Waals surface area contributed by atoms with Gasteiger partial charge in [-0.2, -0.15) is 0 Å². The normalized spacial score (nSPS) is 10.1. The second kappa shape index (κ2) is 4.09. The largest absolute Gasteiger partial charge is 0.393 e. The number of nitrogens with two attached hydrogens (primary N) is 1. The summed E-state index contributed by atoms with van der Waals surface area (Å²) in [6.45, 7) is 3.96. The summed E-state index contributed by atoms with van der Waals surface area (Å²) in [5.74, 6) is 0. The molecule has 0 atom stereocenters. The van der Waals surface area contributed by atoms with Gasteiger partial charge in [0, 0.05) is 6.07 Å². The summed E-state index contributed by atoms with van der Waals surface area (Å²) in [5.41, 5.74) is 7.83. The number of nitrogens with zero attached hydrogens (tertiary/aromatic N) is 1. The average molecular weight is 194 g/mol. The van der Waals surface area contributed by atoms with E-state index < -0.39 is 4.92 Å². The highest BCUT2D eigenvalue weighted by Crippen LogP contribution is 2.26. The van der Waals surface area contributed by atoms with E-state index >= 15 is 0 Å². The van der Waals surface area contributed by atoms with Crippen molar-refractivity contribution in [2.75, 3.05) is 5.73 Å². The van der Waals surface area contributed by atoms with E-state index in [1.807, 2.05) is 13.8 Å². The van der Waals surface area contributed by atoms with Crippen LogP contribution in [0.25, 0.3) is 0 Å². The first-order chi connectivity index (χ1) is 6.56. The molecule has 0 amide bonds. The zero-order valence-corrected chi connectivity index (χ0v) is 8.41. The van der Waals surface area contributed by atoms with Crippen molar-refractivity contribution in [1.29, 1.82) is 0 Å². The Bertz CT molecular complexity index is 361. The molecule has 1 aromatic carbocycles. The fourth-order valence-corrected chi connectivity index (χ4v) is 1.46. The number of rotatable bonds is 3. The Morgan fingerprint density at radius 3 is 2.64 bits per heavy atom. The molecule has 1 rings (SSSR count). The number of aryl methyl sites for hydroxylation is 2. The maximum absolute atomic E-state index is 10.6. The molecule has 0 saturated carbocycles. The summed E-state index contributed by atoms with van der Waals surface area (Å²) in [4.78, 5) is 10.2. The van der Waals surface area contributed by atoms with Crippen LogP contribution in [-0.4, -0.2) is 4.92 Å². The third-order valence-electron chi connectivity index (χ3n) is 2.20. The summed E-state index contributed by atoms with van der Waals surface area (Å²) in [7, 11) is 0. The van der Waals surface area contributed by atoms with E-state index in [4.69, 9.17) is 5.73 Å². The smallest absolute Gasteiger partial charge is 0.292 e. The van der Waals surface area contributed by atoms with Crippen LogP contribution < -0.4 is 5.73 Å². The minimum absolute atomic E-state index is 0.0130. The molecule has 0 aromatic heterocycles. The highest BCUT2D eigenvalue weighted by atomic mass is 16.6. The monoisotopic (exact) mass is 194 g/mol. The molecule has 0 aliphatic carbocycles. The van der Waals surface area contributed by atoms with Crippen molar-refractivity contribution in [3.63, 3.8) is 0 Å². The third kappa shape index (κ3) is 2.02. The van der Waals surface area contributed by atoms with Gasteiger partial charge < -0.3 is 5.73 Å². The number of hydrogen-bond acceptors (Lipinski definition) is 3. The highest BCUT2D eigenvalue weighted by molar-refractivity contribution is 5.61. The van der Waals surface area contributed by atoms with Crippen LogP contribution in [0.5, 0.6) is 0 Å². The summed E-state index contributed by atoms with van der Waals surface area (Å²) in [6, 6.07) is 3.25. The molecule has 14 heavy (non-hydrogen) atoms. The Labute approximate surface area is 82.9 Å². The van der Waals surface area contributed by atoms with Crippen molar-refractivity contribution < 1.29 is 4.92 Å². The Hall–Kier alpha value is -1.58. The van der Waals surface area contributed by atoms with Crippen LogP contribution in [0.4, 0.5) is 11.4 Å². The van der Waals surface area contributed by atoms with Gasteiger partial charge in [-0.3, -0.25) is 10.1 Å². The summed E-state index contributed by atoms with van der Waals surface area (Å²) in [6.07, 6.45) is 1.83. The van der Waals surface area contributed by atoms with E-state index in [1.54, 1.807) is 12.1 Å². The number of nitrogen functional groups attached to an aromatic ring is 1. The van der Waals surface area contributed by atoms with Crippen LogP contribution in [0.2, 0.25) is 0 Å². The van der Waals surface area contributed by atoms with Crippen LogP contribution >= 0.6 is 0 Å². The molecule has 0 fully saturated rings. The topological polar surface area (TPSA) is 69.2 Å². The molecule has 0 spiro atoms. The second-order valence-electron chi connectivity index (χ2n) is 3.34. The van der Waals surface area contributed by atoms with Gasteiger partial charge in [0.25, 0.3) is 5.69 Å². The molecule has 0 bridgehead atoms. The molecule has 0 aliphatic heterocycles. The lowest BCUT2D eigenvalue weighted by Crippen LogP contribution is -1.99. The van der Waals surface area contributed by atoms with E-state index in [-0.39, 0.29) is 11.4 Å². The third-order valence-corrected chi connectivity index (χ3v) is 2.20. The molecule has 0 radical (unpaired) electrons. The van der Waals surface area contributed by atoms with Crippen LogP contribution in [0.15, 0.2) is 12.1 Å². The van der Waals surface area contributed by atoms with Gasteiger partial charge in [0.1, 0.15) is 5.69 Å². The summed E-state index contributed by atoms with van der Waals surface area (Å²) < 4.78 is 0. The van der Waals surface area contributed by atoms with Gasteiger partial charge in [-0.1, -0.05) is 13.3 Å². The van der Waals surface area contributed by atoms with Gasteiger partial charge >= 0.3 is 0 Å². The van der Waals surface area contributed by atoms with E-state index in [2.05, 4.69) is 0 Å². The lowest BCUT2D eigenvalue weighted by molar-refractivity contribution is -0.384. The van der Waals surface area contributed by atoms with Crippen molar-refractivity contribution in [2.45, 2.75) is 26.7 Å². The van der Waals surface area contributed by atoms with Gasteiger partial charge in [-0.05, 0) is 30.5 Å². The highest BCUT2D eigenvalue weighted by Gasteiger charge is 2.13. The minimum Gasteiger partial charge on any atom is -0.393 e. The van der Waals surface area contributed by atoms with Gasteiger partial charge in [0.2, 0.25) is 0 Å². The molecule has 0 heterocycles. The lowest BCUT2D eigenvalue weighted by atomic mass is 10.0. The van der Waals surface area contributed by atoms with Crippen LogP contribution in [0.1, 0.15) is 24.5 Å². The number of hydrogen-bond donors (Lipinski definition) is 1. The fourth-order valence-electron chi connectivity index (χ4n) is 1.46. The van der Waals surface area contributed by atoms with Gasteiger partial charge in [-0.25, -0.2) is 0 Å². The first-order valence-electron chi connectivity index (χ1n) is 4.59. The Morgan fingerprint density at radius 1 is 1.50 bits per heavy atom.